The minimum atomic E-state index is 0.428. The molecule has 104 valence electrons. The lowest BCUT2D eigenvalue weighted by Gasteiger charge is -2.00. The average Bonchev–Trinajstić information content (AvgIpc) is 2.88. The summed E-state index contributed by atoms with van der Waals surface area (Å²) in [5, 5.41) is 11.4. The first-order valence-corrected chi connectivity index (χ1v) is 7.32. The fraction of sp³-hybridized carbons (Fsp3) is 0. The quantitative estimate of drug-likeness (QED) is 0.573. The second-order valence-electron chi connectivity index (χ2n) is 4.17. The van der Waals surface area contributed by atoms with E-state index in [2.05, 4.69) is 36.2 Å². The van der Waals surface area contributed by atoms with Gasteiger partial charge in [0.2, 0.25) is 4.77 Å². The number of halogens is 1. The van der Waals surface area contributed by atoms with E-state index in [1.165, 1.54) is 0 Å². The molecule has 0 fully saturated rings. The number of aromatic nitrogens is 4. The predicted octanol–water partition coefficient (Wildman–Crippen LogP) is 3.65. The second kappa shape index (κ2) is 6.11. The third kappa shape index (κ3) is 2.98. The zero-order valence-electron chi connectivity index (χ0n) is 10.8. The van der Waals surface area contributed by atoms with Crippen LogP contribution in [0, 0.1) is 4.77 Å². The van der Waals surface area contributed by atoms with Gasteiger partial charge >= 0.3 is 0 Å². The third-order valence-corrected chi connectivity index (χ3v) is 3.77. The molecular weight excluding hydrogens is 350 g/mol. The van der Waals surface area contributed by atoms with Gasteiger partial charge in [-0.15, -0.1) is 0 Å². The van der Waals surface area contributed by atoms with Gasteiger partial charge in [0.25, 0.3) is 0 Å². The first-order chi connectivity index (χ1) is 10.3. The Morgan fingerprint density at radius 3 is 2.86 bits per heavy atom. The van der Waals surface area contributed by atoms with E-state index in [1.54, 1.807) is 23.3 Å². The van der Waals surface area contributed by atoms with Crippen molar-refractivity contribution < 1.29 is 0 Å². The van der Waals surface area contributed by atoms with Crippen molar-refractivity contribution in [2.75, 3.05) is 0 Å². The lowest BCUT2D eigenvalue weighted by molar-refractivity contribution is 0.871. The van der Waals surface area contributed by atoms with Crippen LogP contribution in [0.15, 0.2) is 58.4 Å². The molecule has 2 heterocycles. The number of hydrogen-bond donors (Lipinski definition) is 1. The van der Waals surface area contributed by atoms with E-state index in [0.717, 1.165) is 15.6 Å². The van der Waals surface area contributed by atoms with Gasteiger partial charge in [0.1, 0.15) is 0 Å². The van der Waals surface area contributed by atoms with E-state index in [4.69, 9.17) is 12.2 Å². The molecule has 5 nitrogen and oxygen atoms in total. The van der Waals surface area contributed by atoms with Crippen molar-refractivity contribution in [3.8, 4) is 11.4 Å². The van der Waals surface area contributed by atoms with Gasteiger partial charge in [-0.05, 0) is 30.4 Å². The monoisotopic (exact) mass is 359 g/mol. The van der Waals surface area contributed by atoms with Crippen LogP contribution in [0.3, 0.4) is 0 Å². The molecule has 21 heavy (non-hydrogen) atoms. The first kappa shape index (κ1) is 13.8. The molecule has 0 bridgehead atoms. The molecule has 3 rings (SSSR count). The van der Waals surface area contributed by atoms with Crippen molar-refractivity contribution in [3.05, 3.63) is 63.6 Å². The Balaban J connectivity index is 2.02. The van der Waals surface area contributed by atoms with Gasteiger partial charge < -0.3 is 0 Å². The summed E-state index contributed by atoms with van der Waals surface area (Å²) in [6.07, 6.45) is 5.16. The molecule has 0 amide bonds. The van der Waals surface area contributed by atoms with Gasteiger partial charge in [-0.3, -0.25) is 4.98 Å². The lowest BCUT2D eigenvalue weighted by Crippen LogP contribution is -1.95. The van der Waals surface area contributed by atoms with Gasteiger partial charge in [0.15, 0.2) is 5.82 Å². The number of pyridine rings is 1. The van der Waals surface area contributed by atoms with Crippen molar-refractivity contribution in [1.29, 1.82) is 0 Å². The predicted molar refractivity (Wildman–Crippen MR) is 87.8 cm³/mol. The van der Waals surface area contributed by atoms with E-state index >= 15 is 0 Å². The van der Waals surface area contributed by atoms with Crippen LogP contribution < -0.4 is 0 Å². The number of H-pyrrole nitrogens is 1. The Hall–Kier alpha value is -2.12. The molecule has 2 aromatic heterocycles. The fourth-order valence-electron chi connectivity index (χ4n) is 1.78. The van der Waals surface area contributed by atoms with Gasteiger partial charge in [0.05, 0.1) is 6.21 Å². The third-order valence-electron chi connectivity index (χ3n) is 2.79. The SMILES string of the molecule is S=c1[nH]nc(-c2cccnc2)n1N=Cc1ccccc1Br. The van der Waals surface area contributed by atoms with Crippen LogP contribution in [-0.2, 0) is 0 Å². The summed E-state index contributed by atoms with van der Waals surface area (Å²) in [5.41, 5.74) is 1.80. The van der Waals surface area contributed by atoms with E-state index in [-0.39, 0.29) is 0 Å². The van der Waals surface area contributed by atoms with Crippen LogP contribution in [0.25, 0.3) is 11.4 Å². The zero-order valence-corrected chi connectivity index (χ0v) is 13.2. The van der Waals surface area contributed by atoms with E-state index < -0.39 is 0 Å². The molecule has 0 radical (unpaired) electrons. The smallest absolute Gasteiger partial charge is 0.216 e. The maximum Gasteiger partial charge on any atom is 0.216 e. The second-order valence-corrected chi connectivity index (χ2v) is 5.41. The van der Waals surface area contributed by atoms with Crippen LogP contribution in [-0.4, -0.2) is 26.1 Å². The number of hydrogen-bond acceptors (Lipinski definition) is 4. The number of nitrogens with one attached hydrogen (secondary N) is 1. The topological polar surface area (TPSA) is 58.9 Å². The Bertz CT molecular complexity index is 838. The fourth-order valence-corrected chi connectivity index (χ4v) is 2.35. The summed E-state index contributed by atoms with van der Waals surface area (Å²) in [7, 11) is 0. The van der Waals surface area contributed by atoms with E-state index in [0.29, 0.717) is 10.6 Å². The molecule has 0 aliphatic carbocycles. The summed E-state index contributed by atoms with van der Waals surface area (Å²) in [6, 6.07) is 11.6. The summed E-state index contributed by atoms with van der Waals surface area (Å²) in [6.45, 7) is 0. The van der Waals surface area contributed by atoms with Crippen LogP contribution >= 0.6 is 28.1 Å². The first-order valence-electron chi connectivity index (χ1n) is 6.12. The Labute approximate surface area is 134 Å². The zero-order chi connectivity index (χ0) is 14.7. The molecule has 1 aromatic carbocycles. The highest BCUT2D eigenvalue weighted by molar-refractivity contribution is 9.10. The van der Waals surface area contributed by atoms with Crippen molar-refractivity contribution in [1.82, 2.24) is 19.9 Å². The number of rotatable bonds is 3. The van der Waals surface area contributed by atoms with Crippen LogP contribution in [0.2, 0.25) is 0 Å². The molecule has 0 aliphatic rings. The number of aromatic amines is 1. The van der Waals surface area contributed by atoms with Gasteiger partial charge in [-0.2, -0.15) is 14.9 Å². The molecule has 0 saturated heterocycles. The van der Waals surface area contributed by atoms with Crippen molar-refractivity contribution in [3.63, 3.8) is 0 Å². The largest absolute Gasteiger partial charge is 0.264 e. The van der Waals surface area contributed by atoms with Crippen molar-refractivity contribution in [2.24, 2.45) is 5.10 Å². The van der Waals surface area contributed by atoms with Crippen LogP contribution in [0.5, 0.6) is 0 Å². The Kier molecular flexibility index (Phi) is 4.03. The molecular formula is C14H10BrN5S. The minimum absolute atomic E-state index is 0.428. The summed E-state index contributed by atoms with van der Waals surface area (Å²) in [4.78, 5) is 4.08. The van der Waals surface area contributed by atoms with Crippen LogP contribution in [0.4, 0.5) is 0 Å². The molecule has 0 saturated carbocycles. The van der Waals surface area contributed by atoms with Crippen molar-refractivity contribution in [2.45, 2.75) is 0 Å². The molecule has 3 aromatic rings. The summed E-state index contributed by atoms with van der Waals surface area (Å²) < 4.78 is 2.97. The summed E-state index contributed by atoms with van der Waals surface area (Å²) >= 11 is 8.70. The lowest BCUT2D eigenvalue weighted by atomic mass is 10.2. The minimum Gasteiger partial charge on any atom is -0.264 e. The van der Waals surface area contributed by atoms with Gasteiger partial charge in [-0.1, -0.05) is 34.1 Å². The standard InChI is InChI=1S/C14H10BrN5S/c15-12-6-2-1-4-10(12)9-17-20-13(18-19-14(20)21)11-5-3-7-16-8-11/h1-9H,(H,19,21). The maximum atomic E-state index is 5.22. The summed E-state index contributed by atoms with van der Waals surface area (Å²) in [5.74, 6) is 0.622. The molecule has 0 spiro atoms. The normalized spacial score (nSPS) is 11.1. The Morgan fingerprint density at radius 2 is 2.10 bits per heavy atom. The average molecular weight is 360 g/mol. The maximum absolute atomic E-state index is 5.22. The van der Waals surface area contributed by atoms with E-state index in [9.17, 15) is 0 Å². The molecule has 0 unspecified atom stereocenters. The van der Waals surface area contributed by atoms with Crippen LogP contribution in [0.1, 0.15) is 5.56 Å². The Morgan fingerprint density at radius 1 is 1.24 bits per heavy atom. The highest BCUT2D eigenvalue weighted by atomic mass is 79.9. The molecule has 1 N–H and O–H groups in total. The number of nitrogens with zero attached hydrogens (tertiary/aromatic N) is 4. The highest BCUT2D eigenvalue weighted by Crippen LogP contribution is 2.17. The van der Waals surface area contributed by atoms with Crippen molar-refractivity contribution >= 4 is 34.4 Å². The number of benzene rings is 1. The molecule has 0 aliphatic heterocycles. The molecule has 0 atom stereocenters. The van der Waals surface area contributed by atoms with Gasteiger partial charge in [0, 0.05) is 28.0 Å². The highest BCUT2D eigenvalue weighted by Gasteiger charge is 2.07. The van der Waals surface area contributed by atoms with E-state index in [1.807, 2.05) is 36.4 Å². The molecule has 7 heteroatoms. The van der Waals surface area contributed by atoms with Gasteiger partial charge in [-0.25, -0.2) is 5.10 Å².